The van der Waals surface area contributed by atoms with Gasteiger partial charge in [0, 0.05) is 19.2 Å². The molecule has 84 valence electrons. The molecule has 4 nitrogen and oxygen atoms in total. The van der Waals surface area contributed by atoms with E-state index in [1.54, 1.807) is 13.4 Å². The lowest BCUT2D eigenvalue weighted by molar-refractivity contribution is 0.187. The average molecular weight is 217 g/mol. The number of ether oxygens (including phenoxy) is 1. The number of rotatable bonds is 4. The predicted octanol–water partition coefficient (Wildman–Crippen LogP) is 1.90. The van der Waals surface area contributed by atoms with Crippen LogP contribution in [0.4, 0.5) is 0 Å². The molecule has 0 saturated heterocycles. The maximum Gasteiger partial charge on any atom is 0.163 e. The number of hydrogen-bond donors (Lipinski definition) is 0. The summed E-state index contributed by atoms with van der Waals surface area (Å²) in [6, 6.07) is 8.24. The van der Waals surface area contributed by atoms with Crippen LogP contribution in [0, 0.1) is 6.92 Å². The van der Waals surface area contributed by atoms with Gasteiger partial charge in [-0.2, -0.15) is 0 Å². The van der Waals surface area contributed by atoms with E-state index in [0.29, 0.717) is 6.61 Å². The normalized spacial score (nSPS) is 10.6. The molecule has 4 heteroatoms. The van der Waals surface area contributed by atoms with Crippen molar-refractivity contribution < 1.29 is 4.74 Å². The zero-order valence-corrected chi connectivity index (χ0v) is 9.55. The SMILES string of the molecule is COCCn1cnnc1-c1cccc(C)c1. The molecule has 0 aliphatic carbocycles. The monoisotopic (exact) mass is 217 g/mol. The fourth-order valence-electron chi connectivity index (χ4n) is 1.62. The average Bonchev–Trinajstić information content (AvgIpc) is 2.74. The topological polar surface area (TPSA) is 39.9 Å². The first kappa shape index (κ1) is 10.8. The predicted molar refractivity (Wildman–Crippen MR) is 62.1 cm³/mol. The van der Waals surface area contributed by atoms with Crippen molar-refractivity contribution in [3.05, 3.63) is 36.2 Å². The highest BCUT2D eigenvalue weighted by atomic mass is 16.5. The van der Waals surface area contributed by atoms with Crippen LogP contribution in [0.1, 0.15) is 5.56 Å². The van der Waals surface area contributed by atoms with Gasteiger partial charge in [-0.05, 0) is 13.0 Å². The second-order valence-electron chi connectivity index (χ2n) is 3.71. The van der Waals surface area contributed by atoms with Crippen molar-refractivity contribution in [2.75, 3.05) is 13.7 Å². The van der Waals surface area contributed by atoms with Crippen LogP contribution in [-0.2, 0) is 11.3 Å². The third kappa shape index (κ3) is 2.28. The van der Waals surface area contributed by atoms with E-state index in [0.717, 1.165) is 17.9 Å². The second kappa shape index (κ2) is 4.90. The van der Waals surface area contributed by atoms with Gasteiger partial charge in [-0.3, -0.25) is 0 Å². The molecule has 0 atom stereocenters. The first-order valence-corrected chi connectivity index (χ1v) is 5.25. The third-order valence-corrected chi connectivity index (χ3v) is 2.43. The van der Waals surface area contributed by atoms with Gasteiger partial charge in [-0.15, -0.1) is 10.2 Å². The third-order valence-electron chi connectivity index (χ3n) is 2.43. The lowest BCUT2D eigenvalue weighted by atomic mass is 10.1. The van der Waals surface area contributed by atoms with Crippen LogP contribution < -0.4 is 0 Å². The zero-order chi connectivity index (χ0) is 11.4. The Morgan fingerprint density at radius 3 is 3.00 bits per heavy atom. The van der Waals surface area contributed by atoms with Crippen LogP contribution in [0.5, 0.6) is 0 Å². The Morgan fingerprint density at radius 1 is 1.38 bits per heavy atom. The standard InChI is InChI=1S/C12H15N3O/c1-10-4-3-5-11(8-10)12-14-13-9-15(12)6-7-16-2/h3-5,8-9H,6-7H2,1-2H3. The Bertz CT molecular complexity index is 465. The highest BCUT2D eigenvalue weighted by Gasteiger charge is 2.06. The number of benzene rings is 1. The molecule has 0 saturated carbocycles. The molecule has 0 radical (unpaired) electrons. The van der Waals surface area contributed by atoms with Crippen molar-refractivity contribution in [1.29, 1.82) is 0 Å². The van der Waals surface area contributed by atoms with E-state index in [1.807, 2.05) is 16.7 Å². The molecule has 16 heavy (non-hydrogen) atoms. The van der Waals surface area contributed by atoms with Gasteiger partial charge in [-0.1, -0.05) is 23.8 Å². The largest absolute Gasteiger partial charge is 0.383 e. The quantitative estimate of drug-likeness (QED) is 0.785. The lowest BCUT2D eigenvalue weighted by Gasteiger charge is -2.06. The van der Waals surface area contributed by atoms with Crippen LogP contribution in [-0.4, -0.2) is 28.5 Å². The molecule has 0 spiro atoms. The van der Waals surface area contributed by atoms with E-state index >= 15 is 0 Å². The number of nitrogens with zero attached hydrogens (tertiary/aromatic N) is 3. The fourth-order valence-corrected chi connectivity index (χ4v) is 1.62. The first-order chi connectivity index (χ1) is 7.81. The molecule has 0 aliphatic heterocycles. The Labute approximate surface area is 94.9 Å². The van der Waals surface area contributed by atoms with Crippen LogP contribution in [0.2, 0.25) is 0 Å². The maximum atomic E-state index is 5.05. The summed E-state index contributed by atoms with van der Waals surface area (Å²) in [6.45, 7) is 3.50. The van der Waals surface area contributed by atoms with Gasteiger partial charge in [0.25, 0.3) is 0 Å². The Balaban J connectivity index is 2.29. The summed E-state index contributed by atoms with van der Waals surface area (Å²) >= 11 is 0. The highest BCUT2D eigenvalue weighted by molar-refractivity contribution is 5.55. The molecule has 1 aromatic heterocycles. The fraction of sp³-hybridized carbons (Fsp3) is 0.333. The number of hydrogen-bond acceptors (Lipinski definition) is 3. The van der Waals surface area contributed by atoms with Crippen LogP contribution in [0.3, 0.4) is 0 Å². The van der Waals surface area contributed by atoms with Crippen molar-refractivity contribution in [3.63, 3.8) is 0 Å². The Kier molecular flexibility index (Phi) is 3.31. The van der Waals surface area contributed by atoms with Crippen LogP contribution >= 0.6 is 0 Å². The van der Waals surface area contributed by atoms with E-state index < -0.39 is 0 Å². The summed E-state index contributed by atoms with van der Waals surface area (Å²) in [5.41, 5.74) is 2.31. The summed E-state index contributed by atoms with van der Waals surface area (Å²) in [5, 5.41) is 8.08. The van der Waals surface area contributed by atoms with Crippen molar-refractivity contribution in [1.82, 2.24) is 14.8 Å². The minimum absolute atomic E-state index is 0.664. The van der Waals surface area contributed by atoms with Crippen molar-refractivity contribution in [2.24, 2.45) is 0 Å². The first-order valence-electron chi connectivity index (χ1n) is 5.25. The molecule has 0 amide bonds. The summed E-state index contributed by atoms with van der Waals surface area (Å²) in [4.78, 5) is 0. The van der Waals surface area contributed by atoms with Gasteiger partial charge in [0.15, 0.2) is 5.82 Å². The van der Waals surface area contributed by atoms with Crippen molar-refractivity contribution in [2.45, 2.75) is 13.5 Å². The molecule has 0 bridgehead atoms. The summed E-state index contributed by atoms with van der Waals surface area (Å²) < 4.78 is 7.05. The minimum atomic E-state index is 0.664. The minimum Gasteiger partial charge on any atom is -0.383 e. The molecule has 0 fully saturated rings. The molecule has 2 aromatic rings. The molecular formula is C12H15N3O. The number of methoxy groups -OCH3 is 1. The van der Waals surface area contributed by atoms with Gasteiger partial charge in [0.2, 0.25) is 0 Å². The summed E-state index contributed by atoms with van der Waals surface area (Å²) in [7, 11) is 1.69. The molecular weight excluding hydrogens is 202 g/mol. The van der Waals surface area contributed by atoms with Crippen molar-refractivity contribution >= 4 is 0 Å². The molecule has 0 N–H and O–H groups in total. The van der Waals surface area contributed by atoms with Gasteiger partial charge in [0.1, 0.15) is 6.33 Å². The number of aryl methyl sites for hydroxylation is 1. The van der Waals surface area contributed by atoms with Gasteiger partial charge < -0.3 is 9.30 Å². The van der Waals surface area contributed by atoms with Crippen LogP contribution in [0.25, 0.3) is 11.4 Å². The zero-order valence-electron chi connectivity index (χ0n) is 9.55. The molecule has 0 unspecified atom stereocenters. The van der Waals surface area contributed by atoms with E-state index in [1.165, 1.54) is 5.56 Å². The van der Waals surface area contributed by atoms with E-state index in [2.05, 4.69) is 29.3 Å². The molecule has 1 aromatic carbocycles. The van der Waals surface area contributed by atoms with Crippen LogP contribution in [0.15, 0.2) is 30.6 Å². The van der Waals surface area contributed by atoms with Gasteiger partial charge >= 0.3 is 0 Å². The Hall–Kier alpha value is -1.68. The lowest BCUT2D eigenvalue weighted by Crippen LogP contribution is -2.04. The molecule has 2 rings (SSSR count). The van der Waals surface area contributed by atoms with Crippen molar-refractivity contribution in [3.8, 4) is 11.4 Å². The van der Waals surface area contributed by atoms with Gasteiger partial charge in [0.05, 0.1) is 6.61 Å². The smallest absolute Gasteiger partial charge is 0.163 e. The number of aromatic nitrogens is 3. The van der Waals surface area contributed by atoms with E-state index in [4.69, 9.17) is 4.74 Å². The van der Waals surface area contributed by atoms with E-state index in [9.17, 15) is 0 Å². The molecule has 0 aliphatic rings. The van der Waals surface area contributed by atoms with Gasteiger partial charge in [-0.25, -0.2) is 0 Å². The Morgan fingerprint density at radius 2 is 2.25 bits per heavy atom. The maximum absolute atomic E-state index is 5.05. The summed E-state index contributed by atoms with van der Waals surface area (Å²) in [5.74, 6) is 0.890. The second-order valence-corrected chi connectivity index (χ2v) is 3.71. The molecule has 1 heterocycles. The summed E-state index contributed by atoms with van der Waals surface area (Å²) in [6.07, 6.45) is 1.73. The highest BCUT2D eigenvalue weighted by Crippen LogP contribution is 2.17. The van der Waals surface area contributed by atoms with E-state index in [-0.39, 0.29) is 0 Å².